The monoisotopic (exact) mass is 507 g/mol. The fraction of sp³-hybridized carbons (Fsp3) is 0.536. The molecule has 1 saturated carbocycles. The van der Waals surface area contributed by atoms with Gasteiger partial charge >= 0.3 is 6.01 Å². The van der Waals surface area contributed by atoms with E-state index >= 15 is 4.39 Å². The van der Waals surface area contributed by atoms with Gasteiger partial charge in [-0.05, 0) is 75.9 Å². The van der Waals surface area contributed by atoms with Gasteiger partial charge in [-0.15, -0.1) is 0 Å². The normalized spacial score (nSPS) is 25.0. The van der Waals surface area contributed by atoms with Crippen molar-refractivity contribution < 1.29 is 9.13 Å². The van der Waals surface area contributed by atoms with Gasteiger partial charge in [0.2, 0.25) is 0 Å². The number of ether oxygens (including phenoxy) is 1. The van der Waals surface area contributed by atoms with Crippen molar-refractivity contribution in [1.82, 2.24) is 19.9 Å². The van der Waals surface area contributed by atoms with Crippen molar-refractivity contribution in [2.24, 2.45) is 11.8 Å². The molecular weight excluding hydrogens is 477 g/mol. The third-order valence-electron chi connectivity index (χ3n) is 8.96. The van der Waals surface area contributed by atoms with E-state index < -0.39 is 5.82 Å². The van der Waals surface area contributed by atoms with E-state index in [4.69, 9.17) is 21.3 Å². The van der Waals surface area contributed by atoms with Gasteiger partial charge < -0.3 is 9.64 Å². The first kappa shape index (κ1) is 22.7. The fourth-order valence-corrected chi connectivity index (χ4v) is 7.43. The largest absolute Gasteiger partial charge is 0.461 e. The van der Waals surface area contributed by atoms with Crippen LogP contribution in [0, 0.1) is 17.7 Å². The number of nitrogens with zero attached hydrogens (tertiary/aromatic N) is 5. The highest BCUT2D eigenvalue weighted by atomic mass is 35.5. The second-order valence-electron chi connectivity index (χ2n) is 11.1. The van der Waals surface area contributed by atoms with Crippen LogP contribution in [0.1, 0.15) is 44.9 Å². The molecule has 36 heavy (non-hydrogen) atoms. The summed E-state index contributed by atoms with van der Waals surface area (Å²) in [4.78, 5) is 18.9. The van der Waals surface area contributed by atoms with Gasteiger partial charge in [0.25, 0.3) is 0 Å². The molecule has 4 aliphatic rings. The molecule has 188 valence electrons. The third-order valence-corrected chi connectivity index (χ3v) is 9.29. The zero-order chi connectivity index (χ0) is 24.3. The first-order valence-electron chi connectivity index (χ1n) is 13.3. The number of halogens is 2. The lowest BCUT2D eigenvalue weighted by atomic mass is 9.95. The average Bonchev–Trinajstić information content (AvgIpc) is 3.57. The van der Waals surface area contributed by atoms with Gasteiger partial charge in [-0.1, -0.05) is 29.8 Å². The van der Waals surface area contributed by atoms with E-state index in [-0.39, 0.29) is 22.8 Å². The Balaban J connectivity index is 1.31. The smallest absolute Gasteiger partial charge is 0.319 e. The molecular formula is C28H31ClFN5O. The maximum Gasteiger partial charge on any atom is 0.319 e. The van der Waals surface area contributed by atoms with Gasteiger partial charge in [-0.25, -0.2) is 4.39 Å². The van der Waals surface area contributed by atoms with Crippen LogP contribution in [-0.2, 0) is 0 Å². The Morgan fingerprint density at radius 3 is 2.56 bits per heavy atom. The predicted octanol–water partition coefficient (Wildman–Crippen LogP) is 5.73. The predicted molar refractivity (Wildman–Crippen MR) is 139 cm³/mol. The maximum atomic E-state index is 16.1. The highest BCUT2D eigenvalue weighted by Gasteiger charge is 2.45. The van der Waals surface area contributed by atoms with Crippen LogP contribution < -0.4 is 9.64 Å². The summed E-state index contributed by atoms with van der Waals surface area (Å²) in [6.45, 7) is 4.69. The molecule has 3 aromatic rings. The lowest BCUT2D eigenvalue weighted by Crippen LogP contribution is -2.43. The highest BCUT2D eigenvalue weighted by molar-refractivity contribution is 6.33. The summed E-state index contributed by atoms with van der Waals surface area (Å²) < 4.78 is 22.4. The van der Waals surface area contributed by atoms with Crippen LogP contribution in [0.15, 0.2) is 30.5 Å². The number of hydrogen-bond acceptors (Lipinski definition) is 6. The molecule has 2 bridgehead atoms. The number of anilines is 1. The van der Waals surface area contributed by atoms with Gasteiger partial charge in [-0.2, -0.15) is 9.97 Å². The van der Waals surface area contributed by atoms with Gasteiger partial charge in [0, 0.05) is 24.8 Å². The quantitative estimate of drug-likeness (QED) is 0.439. The summed E-state index contributed by atoms with van der Waals surface area (Å²) in [5.74, 6) is 1.61. The first-order chi connectivity index (χ1) is 17.6. The minimum Gasteiger partial charge on any atom is -0.461 e. The van der Waals surface area contributed by atoms with Crippen LogP contribution in [0.3, 0.4) is 0 Å². The van der Waals surface area contributed by atoms with Crippen molar-refractivity contribution >= 4 is 28.3 Å². The Morgan fingerprint density at radius 2 is 1.81 bits per heavy atom. The molecule has 0 spiro atoms. The van der Waals surface area contributed by atoms with Crippen molar-refractivity contribution in [2.75, 3.05) is 37.7 Å². The van der Waals surface area contributed by atoms with Gasteiger partial charge in [0.1, 0.15) is 23.6 Å². The summed E-state index contributed by atoms with van der Waals surface area (Å²) in [6, 6.07) is 7.47. The first-order valence-corrected chi connectivity index (χ1v) is 13.7. The van der Waals surface area contributed by atoms with Gasteiger partial charge in [0.15, 0.2) is 5.82 Å². The van der Waals surface area contributed by atoms with E-state index in [1.54, 1.807) is 18.3 Å². The molecule has 1 aromatic carbocycles. The van der Waals surface area contributed by atoms with Crippen molar-refractivity contribution in [3.63, 3.8) is 0 Å². The molecule has 8 heteroatoms. The minimum absolute atomic E-state index is 0.0717. The number of piperidine rings is 1. The van der Waals surface area contributed by atoms with E-state index in [2.05, 4.69) is 19.8 Å². The van der Waals surface area contributed by atoms with Crippen LogP contribution >= 0.6 is 11.6 Å². The number of benzene rings is 1. The zero-order valence-electron chi connectivity index (χ0n) is 20.4. The Hall–Kier alpha value is -2.51. The van der Waals surface area contributed by atoms with Crippen molar-refractivity contribution in [2.45, 2.75) is 50.5 Å². The zero-order valence-corrected chi connectivity index (χ0v) is 21.2. The van der Waals surface area contributed by atoms with Crippen LogP contribution in [-0.4, -0.2) is 58.2 Å². The Bertz CT molecular complexity index is 1300. The van der Waals surface area contributed by atoms with Crippen molar-refractivity contribution in [3.8, 4) is 17.3 Å². The number of rotatable bonds is 5. The molecule has 2 unspecified atom stereocenters. The molecule has 5 heterocycles. The molecule has 2 atom stereocenters. The lowest BCUT2D eigenvalue weighted by Gasteiger charge is -2.34. The van der Waals surface area contributed by atoms with Gasteiger partial charge in [0.05, 0.1) is 15.9 Å². The molecule has 6 nitrogen and oxygen atoms in total. The van der Waals surface area contributed by atoms with E-state index in [9.17, 15) is 0 Å². The van der Waals surface area contributed by atoms with Crippen LogP contribution in [0.2, 0.25) is 5.02 Å². The molecule has 0 N–H and O–H groups in total. The van der Waals surface area contributed by atoms with E-state index in [0.29, 0.717) is 34.4 Å². The number of hydrogen-bond donors (Lipinski definition) is 0. The molecule has 1 aliphatic carbocycles. The molecule has 7 rings (SSSR count). The van der Waals surface area contributed by atoms with Crippen LogP contribution in [0.25, 0.3) is 22.2 Å². The summed E-state index contributed by atoms with van der Waals surface area (Å²) in [5, 5.41) is 1.10. The highest BCUT2D eigenvalue weighted by Crippen LogP contribution is 2.42. The summed E-state index contributed by atoms with van der Waals surface area (Å²) in [7, 11) is 0. The van der Waals surface area contributed by atoms with E-state index in [1.165, 1.54) is 32.1 Å². The molecule has 4 fully saturated rings. The number of pyridine rings is 1. The van der Waals surface area contributed by atoms with E-state index in [1.807, 2.05) is 12.1 Å². The number of aromatic nitrogens is 3. The van der Waals surface area contributed by atoms with Gasteiger partial charge in [-0.3, -0.25) is 9.88 Å². The molecule has 0 amide bonds. The molecule has 0 radical (unpaired) electrons. The third kappa shape index (κ3) is 3.74. The Kier molecular flexibility index (Phi) is 5.54. The summed E-state index contributed by atoms with van der Waals surface area (Å²) in [6.07, 6.45) is 10.2. The second-order valence-corrected chi connectivity index (χ2v) is 11.6. The average molecular weight is 508 g/mol. The maximum absolute atomic E-state index is 16.1. The molecule has 3 saturated heterocycles. The fourth-order valence-electron chi connectivity index (χ4n) is 7.21. The minimum atomic E-state index is -0.476. The van der Waals surface area contributed by atoms with Crippen LogP contribution in [0.4, 0.5) is 10.2 Å². The van der Waals surface area contributed by atoms with E-state index in [0.717, 1.165) is 44.8 Å². The Morgan fingerprint density at radius 1 is 1.06 bits per heavy atom. The van der Waals surface area contributed by atoms with Crippen molar-refractivity contribution in [1.29, 1.82) is 0 Å². The topological polar surface area (TPSA) is 54.4 Å². The molecule has 2 aromatic heterocycles. The number of fused-ring (bicyclic) bond motifs is 4. The lowest BCUT2D eigenvalue weighted by molar-refractivity contribution is 0.108. The SMILES string of the molecule is Fc1c(-c2ccccc2Cl)ncc2c(N3CC4CCC(C4)C3)nc(OCC34CCCN3CCC4)nc12. The Labute approximate surface area is 215 Å². The summed E-state index contributed by atoms with van der Waals surface area (Å²) in [5.41, 5.74) is 1.09. The van der Waals surface area contributed by atoms with Crippen LogP contribution in [0.5, 0.6) is 6.01 Å². The molecule has 3 aliphatic heterocycles. The standard InChI is InChI=1S/C28H31ClFN5O/c29-22-6-2-1-5-20(22)24-23(30)25-21(14-31-24)26(34-15-18-7-8-19(13-18)16-34)33-27(32-25)36-17-28-9-3-11-35(28)12-4-10-28/h1-2,5-6,14,18-19H,3-4,7-13,15-17H2. The van der Waals surface area contributed by atoms with Crippen molar-refractivity contribution in [3.05, 3.63) is 41.3 Å². The second kappa shape index (κ2) is 8.80. The summed E-state index contributed by atoms with van der Waals surface area (Å²) >= 11 is 6.40.